The van der Waals surface area contributed by atoms with E-state index >= 15 is 0 Å². The third-order valence-electron chi connectivity index (χ3n) is 15.1. The quantitative estimate of drug-likeness (QED) is 0.0318. The molecule has 17 nitrogen and oxygen atoms in total. The third-order valence-corrected chi connectivity index (χ3v) is 17.9. The first-order valence-corrected chi connectivity index (χ1v) is 31.1. The Bertz CT molecular complexity index is 3800. The Labute approximate surface area is 537 Å². The summed E-state index contributed by atoms with van der Waals surface area (Å²) < 4.78 is 24.4. The number of carboxylic acid groups (broad SMARTS) is 2. The monoisotopic (exact) mass is 1280 g/mol. The van der Waals surface area contributed by atoms with E-state index in [0.717, 1.165) is 144 Å². The molecule has 8 aromatic rings. The molecule has 4 aliphatic heterocycles. The number of aromatic amines is 2. The molecule has 2 aromatic heterocycles. The lowest BCUT2D eigenvalue weighted by Gasteiger charge is -2.26. The Hall–Kier alpha value is -7.99. The van der Waals surface area contributed by atoms with Crippen LogP contribution in [0.4, 0.5) is 0 Å². The molecule has 4 aliphatic rings. The summed E-state index contributed by atoms with van der Waals surface area (Å²) in [6.07, 6.45) is 7.86. The van der Waals surface area contributed by atoms with Gasteiger partial charge in [0.05, 0.1) is 48.2 Å². The van der Waals surface area contributed by atoms with Crippen LogP contribution in [0.2, 0.25) is 0 Å². The van der Waals surface area contributed by atoms with Crippen molar-refractivity contribution < 1.29 is 53.1 Å². The minimum atomic E-state index is -0.964. The van der Waals surface area contributed by atoms with E-state index in [9.17, 15) is 24.0 Å². The summed E-state index contributed by atoms with van der Waals surface area (Å²) >= 11 is 13.3. The Balaban J connectivity index is 0.000000189. The summed E-state index contributed by atoms with van der Waals surface area (Å²) in [4.78, 5) is 72.8. The predicted octanol–water partition coefficient (Wildman–Crippen LogP) is 12.1. The Morgan fingerprint density at radius 3 is 1.51 bits per heavy atom. The van der Waals surface area contributed by atoms with Gasteiger partial charge in [-0.25, -0.2) is 9.59 Å². The average molecular weight is 1280 g/mol. The number of benzene rings is 6. The number of fused-ring (bicyclic) bond motifs is 2. The van der Waals surface area contributed by atoms with Gasteiger partial charge in [0.25, 0.3) is 5.91 Å². The zero-order chi connectivity index (χ0) is 60.7. The molecule has 6 aromatic carbocycles. The second-order valence-corrected chi connectivity index (χ2v) is 24.0. The van der Waals surface area contributed by atoms with Crippen LogP contribution in [0.25, 0.3) is 50.1 Å². The number of thiocarbonyl (C=S) groups is 2. The molecule has 0 radical (unpaired) electrons. The van der Waals surface area contributed by atoms with Crippen LogP contribution in [-0.4, -0.2) is 176 Å². The van der Waals surface area contributed by atoms with Gasteiger partial charge in [-0.1, -0.05) is 105 Å². The average Bonchev–Trinajstić information content (AvgIpc) is 2.93. The molecular weight excluding hydrogens is 1210 g/mol. The number of amides is 2. The number of carboxylic acids is 2. The minimum Gasteiger partial charge on any atom is -0.492 e. The number of ether oxygens (including phenoxy) is 4. The SMILES string of the molecule is C.C.O=C(O)c1ccc(CCN2C(=O)/C(=C/c3ccc(OCCN4CCOCC4)c(-c4ccc5[nH]ccc5c4)c3)SC2=S)cc1.O=C(O)c1ccc(CCN2C(=O)CSC2=S)cc1.O=Cc1ccc(OCCN2CCOCC2)c(-c2ccc3[nH]ccc3c2)c1. The number of aldehydes is 1. The number of nitrogens with one attached hydrogen (secondary N) is 2. The zero-order valence-corrected chi connectivity index (χ0v) is 50.8. The number of carbonyl (C=O) groups excluding carboxylic acids is 3. The van der Waals surface area contributed by atoms with Crippen molar-refractivity contribution in [2.75, 3.05) is 97.8 Å². The highest BCUT2D eigenvalue weighted by molar-refractivity contribution is 8.26. The summed E-state index contributed by atoms with van der Waals surface area (Å²) in [7, 11) is 0. The van der Waals surface area contributed by atoms with Crippen molar-refractivity contribution in [3.05, 3.63) is 184 Å². The van der Waals surface area contributed by atoms with E-state index in [2.05, 4.69) is 62.2 Å². The van der Waals surface area contributed by atoms with Gasteiger partial charge in [0.15, 0.2) is 0 Å². The summed E-state index contributed by atoms with van der Waals surface area (Å²) in [6.45, 7) is 10.7. The van der Waals surface area contributed by atoms with E-state index in [0.29, 0.717) is 64.0 Å². The van der Waals surface area contributed by atoms with Crippen molar-refractivity contribution in [2.45, 2.75) is 27.7 Å². The number of H-pyrrole nitrogens is 2. The van der Waals surface area contributed by atoms with Crippen LogP contribution in [0.15, 0.2) is 151 Å². The summed E-state index contributed by atoms with van der Waals surface area (Å²) in [5.41, 5.74) is 10.1. The van der Waals surface area contributed by atoms with Gasteiger partial charge in [-0.15, -0.1) is 0 Å². The van der Waals surface area contributed by atoms with E-state index < -0.39 is 11.9 Å². The molecule has 12 rings (SSSR count). The zero-order valence-electron chi connectivity index (χ0n) is 47.5. The molecule has 4 fully saturated rings. The second-order valence-electron chi connectivity index (χ2n) is 20.7. The highest BCUT2D eigenvalue weighted by Gasteiger charge is 2.32. The number of nitrogens with zero attached hydrogens (tertiary/aromatic N) is 4. The molecule has 4 N–H and O–H groups in total. The van der Waals surface area contributed by atoms with Gasteiger partial charge in [0.1, 0.15) is 39.6 Å². The molecule has 464 valence electrons. The number of aromatic nitrogens is 2. The minimum absolute atomic E-state index is 0. The first-order valence-electron chi connectivity index (χ1n) is 28.5. The van der Waals surface area contributed by atoms with Crippen LogP contribution in [0.5, 0.6) is 11.5 Å². The molecule has 2 amide bonds. The molecule has 89 heavy (non-hydrogen) atoms. The van der Waals surface area contributed by atoms with Gasteiger partial charge in [-0.05, 0) is 149 Å². The lowest BCUT2D eigenvalue weighted by Crippen LogP contribution is -2.38. The number of thioether (sulfide) groups is 2. The van der Waals surface area contributed by atoms with E-state index in [4.69, 9.17) is 53.6 Å². The van der Waals surface area contributed by atoms with Crippen LogP contribution in [0.3, 0.4) is 0 Å². The molecule has 0 atom stereocenters. The van der Waals surface area contributed by atoms with E-state index in [1.807, 2.05) is 54.9 Å². The lowest BCUT2D eigenvalue weighted by molar-refractivity contribution is -0.124. The van der Waals surface area contributed by atoms with Gasteiger partial charge >= 0.3 is 11.9 Å². The van der Waals surface area contributed by atoms with Crippen molar-refractivity contribution in [1.82, 2.24) is 29.6 Å². The molecule has 0 spiro atoms. The smallest absolute Gasteiger partial charge is 0.335 e. The number of carbonyl (C=O) groups is 5. The van der Waals surface area contributed by atoms with E-state index in [-0.39, 0.29) is 37.8 Å². The second kappa shape index (κ2) is 32.5. The summed E-state index contributed by atoms with van der Waals surface area (Å²) in [5.74, 6) is 0.0470. The predicted molar refractivity (Wildman–Crippen MR) is 363 cm³/mol. The summed E-state index contributed by atoms with van der Waals surface area (Å²) in [6, 6.07) is 41.5. The molecular formula is C68H72N6O11S4. The van der Waals surface area contributed by atoms with Gasteiger partial charge in [-0.3, -0.25) is 34.0 Å². The number of hydrogen-bond donors (Lipinski definition) is 4. The normalized spacial score (nSPS) is 15.7. The van der Waals surface area contributed by atoms with Crippen LogP contribution < -0.4 is 9.47 Å². The van der Waals surface area contributed by atoms with Gasteiger partial charge in [0, 0.05) is 92.5 Å². The van der Waals surface area contributed by atoms with Gasteiger partial charge in [-0.2, -0.15) is 0 Å². The van der Waals surface area contributed by atoms with Crippen molar-refractivity contribution in [1.29, 1.82) is 0 Å². The standard InChI is InChI=1S/C33H31N3O5S2.C21H22N2O3.C12H11NO3S2.2CH4/c37-31-30(43-33(42)36(31)12-10-22-1-4-24(5-2-22)32(38)39)20-23-3-8-29(41-18-15-35-13-16-40-17-14-35)27(19-23)25-6-7-28-26(21-25)9-11-34-28;24-15-16-1-4-21(26-12-9-23-7-10-25-11-8-23)19(13-16)17-2-3-20-18(14-17)5-6-22-20;14-10-7-18-12(17)13(10)6-5-8-1-3-9(4-2-8)11(15)16;;/h1-9,11,19-21,34H,10,12-18H2,(H,38,39);1-6,13-15,22H,7-12H2;1-4H,5-7H2,(H,15,16);2*1H4/b30-20-;;;;. The van der Waals surface area contributed by atoms with Crippen molar-refractivity contribution in [2.24, 2.45) is 0 Å². The lowest BCUT2D eigenvalue weighted by atomic mass is 10.00. The Kier molecular flexibility index (Phi) is 24.4. The molecule has 0 bridgehead atoms. The van der Waals surface area contributed by atoms with E-state index in [1.165, 1.54) is 23.5 Å². The summed E-state index contributed by atoms with van der Waals surface area (Å²) in [5, 5.41) is 20.1. The fraction of sp³-hybridized carbons (Fsp3) is 0.279. The molecule has 0 saturated carbocycles. The molecule has 6 heterocycles. The van der Waals surface area contributed by atoms with Crippen molar-refractivity contribution in [3.8, 4) is 33.8 Å². The third kappa shape index (κ3) is 17.9. The van der Waals surface area contributed by atoms with E-state index in [1.54, 1.807) is 64.4 Å². The first-order chi connectivity index (χ1) is 42.3. The van der Waals surface area contributed by atoms with Gasteiger partial charge < -0.3 is 39.1 Å². The largest absolute Gasteiger partial charge is 0.492 e. The van der Waals surface area contributed by atoms with Gasteiger partial charge in [0.2, 0.25) is 5.91 Å². The molecule has 4 saturated heterocycles. The highest BCUT2D eigenvalue weighted by Crippen LogP contribution is 2.38. The van der Waals surface area contributed by atoms with Crippen LogP contribution in [-0.2, 0) is 31.9 Å². The Morgan fingerprint density at radius 1 is 0.573 bits per heavy atom. The Morgan fingerprint density at radius 2 is 1.04 bits per heavy atom. The number of aromatic carboxylic acids is 2. The number of hydrogen-bond acceptors (Lipinski definition) is 15. The fourth-order valence-electron chi connectivity index (χ4n) is 10.2. The fourth-order valence-corrected chi connectivity index (χ4v) is 12.6. The molecule has 0 aliphatic carbocycles. The maximum absolute atomic E-state index is 13.3. The molecule has 21 heteroatoms. The highest BCUT2D eigenvalue weighted by atomic mass is 32.2. The topological polar surface area (TPSA) is 207 Å². The van der Waals surface area contributed by atoms with Crippen LogP contribution in [0.1, 0.15) is 62.6 Å². The maximum Gasteiger partial charge on any atom is 0.335 e. The molecule has 0 unspecified atom stereocenters. The van der Waals surface area contributed by atoms with Crippen LogP contribution >= 0.6 is 48.0 Å². The van der Waals surface area contributed by atoms with Crippen molar-refractivity contribution >= 4 is 115 Å². The number of rotatable bonds is 20. The van der Waals surface area contributed by atoms with Crippen molar-refractivity contribution in [3.63, 3.8) is 0 Å². The van der Waals surface area contributed by atoms with Crippen LogP contribution in [0, 0.1) is 0 Å². The number of morpholine rings is 2. The maximum atomic E-state index is 13.3. The first kappa shape index (κ1) is 67.0.